The number of carbonyl (C=O) groups is 3. The van der Waals surface area contributed by atoms with Crippen molar-refractivity contribution in [1.82, 2.24) is 10.2 Å². The average molecular weight is 866 g/mol. The summed E-state index contributed by atoms with van der Waals surface area (Å²) in [5.41, 5.74) is 7.27. The van der Waals surface area contributed by atoms with Crippen LogP contribution in [0.1, 0.15) is 58.9 Å². The molecule has 0 spiro atoms. The van der Waals surface area contributed by atoms with Crippen molar-refractivity contribution in [3.8, 4) is 34.4 Å². The van der Waals surface area contributed by atoms with Gasteiger partial charge in [0.05, 0.1) is 33.4 Å². The maximum Gasteiger partial charge on any atom is 0.326 e. The number of carbonyl (C=O) groups excluding carboxylic acids is 2. The number of nitrogens with zero attached hydrogens (tertiary/aromatic N) is 3. The first kappa shape index (κ1) is 42.1. The van der Waals surface area contributed by atoms with Gasteiger partial charge in [-0.1, -0.05) is 109 Å². The number of likely N-dealkylation sites (N-methyl/N-ethyl adjacent to an activating group) is 1. The summed E-state index contributed by atoms with van der Waals surface area (Å²) < 4.78 is 12.4. The topological polar surface area (TPSA) is 132 Å². The van der Waals surface area contributed by atoms with Gasteiger partial charge in [-0.2, -0.15) is 5.26 Å². The molecule has 2 heterocycles. The number of nitrogens with one attached hydrogen (secondary N) is 1. The Bertz CT molecular complexity index is 2670. The van der Waals surface area contributed by atoms with Crippen molar-refractivity contribution in [2.24, 2.45) is 0 Å². The fraction of sp³-hybridized carbons (Fsp3) is 0.200. The predicted molar refractivity (Wildman–Crippen MR) is 239 cm³/mol. The van der Waals surface area contributed by atoms with Crippen LogP contribution >= 0.6 is 23.2 Å². The third-order valence-corrected chi connectivity index (χ3v) is 12.3. The van der Waals surface area contributed by atoms with Crippen molar-refractivity contribution in [2.75, 3.05) is 11.9 Å². The monoisotopic (exact) mass is 864 g/mol. The highest BCUT2D eigenvalue weighted by molar-refractivity contribution is 6.42. The number of hydrogen-bond donors (Lipinski definition) is 2. The number of hydrogen-bond acceptors (Lipinski definition) is 7. The number of ether oxygens (including phenoxy) is 2. The zero-order valence-corrected chi connectivity index (χ0v) is 35.4. The van der Waals surface area contributed by atoms with Crippen LogP contribution in [-0.2, 0) is 33.8 Å². The maximum absolute atomic E-state index is 14.5. The molecule has 0 saturated carbocycles. The number of amides is 2. The van der Waals surface area contributed by atoms with Crippen LogP contribution in [0, 0.1) is 11.3 Å². The van der Waals surface area contributed by atoms with E-state index in [-0.39, 0.29) is 24.8 Å². The van der Waals surface area contributed by atoms with Gasteiger partial charge in [0.15, 0.2) is 0 Å². The number of aliphatic carboxylic acids is 1. The molecule has 62 heavy (non-hydrogen) atoms. The Hall–Kier alpha value is -6.64. The highest BCUT2D eigenvalue weighted by atomic mass is 35.5. The minimum atomic E-state index is -1.18. The van der Waals surface area contributed by atoms with Crippen LogP contribution in [0.5, 0.6) is 17.2 Å². The Balaban J connectivity index is 1.04. The number of carboxylic acid groups (broad SMARTS) is 1. The third-order valence-electron chi connectivity index (χ3n) is 11.5. The number of benzene rings is 6. The molecule has 0 unspecified atom stereocenters. The summed E-state index contributed by atoms with van der Waals surface area (Å²) >= 11 is 12.2. The van der Waals surface area contributed by atoms with E-state index in [4.69, 9.17) is 37.9 Å². The molecule has 2 aliphatic rings. The number of halogens is 2. The minimum absolute atomic E-state index is 0.0831. The van der Waals surface area contributed by atoms with Gasteiger partial charge in [-0.25, -0.2) is 4.79 Å². The lowest BCUT2D eigenvalue weighted by Crippen LogP contribution is -2.55. The van der Waals surface area contributed by atoms with Gasteiger partial charge >= 0.3 is 5.97 Å². The summed E-state index contributed by atoms with van der Waals surface area (Å²) in [6.45, 7) is 2.46. The molecule has 6 aromatic rings. The second-order valence-electron chi connectivity index (χ2n) is 15.4. The predicted octanol–water partition coefficient (Wildman–Crippen LogP) is 10.1. The Morgan fingerprint density at radius 2 is 1.55 bits per heavy atom. The van der Waals surface area contributed by atoms with Gasteiger partial charge in [0, 0.05) is 37.7 Å². The van der Waals surface area contributed by atoms with Crippen LogP contribution in [0.3, 0.4) is 0 Å². The van der Waals surface area contributed by atoms with Crippen molar-refractivity contribution >= 4 is 46.7 Å². The van der Waals surface area contributed by atoms with Crippen molar-refractivity contribution in [3.63, 3.8) is 0 Å². The zero-order chi connectivity index (χ0) is 43.5. The van der Waals surface area contributed by atoms with Crippen LogP contribution in [-0.4, -0.2) is 46.9 Å². The number of nitriles is 1. The van der Waals surface area contributed by atoms with Gasteiger partial charge in [0.1, 0.15) is 23.3 Å². The maximum atomic E-state index is 14.5. The zero-order valence-electron chi connectivity index (χ0n) is 33.9. The first-order chi connectivity index (χ1) is 30.0. The van der Waals surface area contributed by atoms with Crippen LogP contribution in [0.2, 0.25) is 10.0 Å². The van der Waals surface area contributed by atoms with E-state index in [9.17, 15) is 19.5 Å². The molecule has 12 heteroatoms. The van der Waals surface area contributed by atoms with Gasteiger partial charge < -0.3 is 24.8 Å². The van der Waals surface area contributed by atoms with Crippen molar-refractivity contribution in [3.05, 3.63) is 177 Å². The minimum Gasteiger partial charge on any atom is -0.480 e. The molecule has 2 amide bonds. The first-order valence-electron chi connectivity index (χ1n) is 20.3. The SMILES string of the molecule is CC[C@@H](c1ccccc1)N1Cc2cc3c(cc2C[C@H]1C(=O)N[C@H](Cc1ccc(-c2ccc(C#N)cc2)cc1)C(=O)O)N(C)C(=O)[C@@H](c1ccc(Oc2ccc(Cl)c(Cl)c2)cc1)O3. The molecular weight excluding hydrogens is 823 g/mol. The highest BCUT2D eigenvalue weighted by Crippen LogP contribution is 2.44. The third kappa shape index (κ3) is 8.88. The van der Waals surface area contributed by atoms with Gasteiger partial charge in [-0.05, 0) is 94.8 Å². The van der Waals surface area contributed by atoms with Crippen molar-refractivity contribution in [2.45, 2.75) is 57.0 Å². The van der Waals surface area contributed by atoms with E-state index in [1.54, 1.807) is 66.5 Å². The van der Waals surface area contributed by atoms with Crippen LogP contribution in [0.25, 0.3) is 11.1 Å². The molecule has 0 fully saturated rings. The van der Waals surface area contributed by atoms with E-state index in [1.165, 1.54) is 0 Å². The molecule has 0 bridgehead atoms. The normalized spacial score (nSPS) is 16.8. The molecule has 0 aromatic heterocycles. The molecule has 2 aliphatic heterocycles. The molecule has 0 aliphatic carbocycles. The van der Waals surface area contributed by atoms with E-state index in [0.29, 0.717) is 57.1 Å². The van der Waals surface area contributed by atoms with Crippen molar-refractivity contribution < 1.29 is 29.0 Å². The second-order valence-corrected chi connectivity index (χ2v) is 16.3. The molecule has 4 atom stereocenters. The molecule has 8 rings (SSSR count). The quantitative estimate of drug-likeness (QED) is 0.124. The summed E-state index contributed by atoms with van der Waals surface area (Å²) in [7, 11) is 1.71. The fourth-order valence-corrected chi connectivity index (χ4v) is 8.52. The van der Waals surface area contributed by atoms with Crippen molar-refractivity contribution in [1.29, 1.82) is 5.26 Å². The highest BCUT2D eigenvalue weighted by Gasteiger charge is 2.40. The van der Waals surface area contributed by atoms with E-state index in [0.717, 1.165) is 33.4 Å². The molecule has 6 aromatic carbocycles. The van der Waals surface area contributed by atoms with Crippen LogP contribution in [0.4, 0.5) is 5.69 Å². The van der Waals surface area contributed by atoms with Gasteiger partial charge in [0.2, 0.25) is 12.0 Å². The fourth-order valence-electron chi connectivity index (χ4n) is 8.23. The first-order valence-corrected chi connectivity index (χ1v) is 21.0. The molecule has 2 N–H and O–H groups in total. The van der Waals surface area contributed by atoms with E-state index in [2.05, 4.69) is 23.2 Å². The molecule has 10 nitrogen and oxygen atoms in total. The Labute approximate surface area is 369 Å². The number of rotatable bonds is 12. The van der Waals surface area contributed by atoms with Gasteiger partial charge in [-0.3, -0.25) is 14.5 Å². The van der Waals surface area contributed by atoms with Crippen LogP contribution in [0.15, 0.2) is 133 Å². The number of fused-ring (bicyclic) bond motifs is 2. The Kier molecular flexibility index (Phi) is 12.3. The molecular formula is C50H42Cl2N4O6. The summed E-state index contributed by atoms with van der Waals surface area (Å²) in [5, 5.41) is 23.2. The lowest BCUT2D eigenvalue weighted by molar-refractivity contribution is -0.143. The van der Waals surface area contributed by atoms with E-state index in [1.807, 2.05) is 78.9 Å². The number of anilines is 1. The summed E-state index contributed by atoms with van der Waals surface area (Å²) in [6.07, 6.45) is 0.160. The largest absolute Gasteiger partial charge is 0.480 e. The Morgan fingerprint density at radius 1 is 0.871 bits per heavy atom. The summed E-state index contributed by atoms with van der Waals surface area (Å²) in [4.78, 5) is 44.8. The van der Waals surface area contributed by atoms with Crippen LogP contribution < -0.4 is 19.7 Å². The lowest BCUT2D eigenvalue weighted by Gasteiger charge is -2.42. The summed E-state index contributed by atoms with van der Waals surface area (Å²) in [6, 6.07) is 40.8. The van der Waals surface area contributed by atoms with Gasteiger partial charge in [0.25, 0.3) is 5.91 Å². The smallest absolute Gasteiger partial charge is 0.326 e. The molecule has 0 radical (unpaired) electrons. The summed E-state index contributed by atoms with van der Waals surface area (Å²) in [5.74, 6) is -0.179. The van der Waals surface area contributed by atoms with E-state index >= 15 is 0 Å². The average Bonchev–Trinajstić information content (AvgIpc) is 3.29. The number of carboxylic acids is 1. The second kappa shape index (κ2) is 18.1. The molecule has 312 valence electrons. The van der Waals surface area contributed by atoms with Gasteiger partial charge in [-0.15, -0.1) is 0 Å². The Morgan fingerprint density at radius 3 is 2.19 bits per heavy atom. The molecule has 0 saturated heterocycles. The lowest BCUT2D eigenvalue weighted by atomic mass is 9.88. The standard InChI is InChI=1S/C50H42Cl2N4O6/c1-3-43(34-7-5-4-6-8-34)56-29-37-26-46-44(55(2)49(58)47(62-46)35-17-19-38(20-18-35)61-39-21-22-40(51)41(52)27-39)24-36(37)25-45(56)48(57)54-42(50(59)60)23-30-9-13-32(14-10-30)33-15-11-31(28-53)12-16-33/h4-22,24,26-27,42-43,45,47H,3,23,25,29H2,1-2H3,(H,54,57)(H,59,60)/t42-,43+,45+,47-/m1/s1. The van der Waals surface area contributed by atoms with E-state index < -0.39 is 30.1 Å².